The molecule has 0 amide bonds. The van der Waals surface area contributed by atoms with Crippen LogP contribution in [0.5, 0.6) is 0 Å². The van der Waals surface area contributed by atoms with Crippen molar-refractivity contribution in [3.05, 3.63) is 71.0 Å². The van der Waals surface area contributed by atoms with Gasteiger partial charge in [0.25, 0.3) is 0 Å². The number of pyridine rings is 1. The summed E-state index contributed by atoms with van der Waals surface area (Å²) in [4.78, 5) is 34.3. The zero-order valence-electron chi connectivity index (χ0n) is 23.1. The summed E-state index contributed by atoms with van der Waals surface area (Å²) in [5, 5.41) is 10.6. The van der Waals surface area contributed by atoms with Gasteiger partial charge in [-0.15, -0.1) is 0 Å². The molecule has 0 bridgehead atoms. The number of carbonyl (C=O) groups excluding carboxylic acids is 1. The zero-order chi connectivity index (χ0) is 33.1. The molecule has 1 aromatic carbocycles. The van der Waals surface area contributed by atoms with E-state index in [1.807, 2.05) is 7.05 Å². The number of anilines is 2. The first-order valence-corrected chi connectivity index (χ1v) is 15.1. The molecule has 0 unspecified atom stereocenters. The van der Waals surface area contributed by atoms with Crippen molar-refractivity contribution in [1.29, 1.82) is 0 Å². The first-order chi connectivity index (χ1) is 21.1. The van der Waals surface area contributed by atoms with Gasteiger partial charge in [-0.25, -0.2) is 32.0 Å². The van der Waals surface area contributed by atoms with Crippen molar-refractivity contribution >= 4 is 44.1 Å². The molecule has 4 aromatic rings. The molecule has 0 aliphatic carbocycles. The molecule has 1 aliphatic rings. The van der Waals surface area contributed by atoms with Crippen molar-refractivity contribution in [3.8, 4) is 11.5 Å². The molecule has 12 nitrogen and oxygen atoms in total. The molecule has 1 fully saturated rings. The number of hydrogen-bond acceptors (Lipinski definition) is 10. The van der Waals surface area contributed by atoms with Crippen LogP contribution in [0.4, 0.5) is 32.9 Å². The summed E-state index contributed by atoms with van der Waals surface area (Å²) < 4.78 is 89.3. The molecule has 0 radical (unpaired) electrons. The first-order valence-electron chi connectivity index (χ1n) is 12.8. The van der Waals surface area contributed by atoms with E-state index < -0.39 is 45.2 Å². The van der Waals surface area contributed by atoms with Gasteiger partial charge in [0.2, 0.25) is 15.8 Å². The number of aliphatic carboxylic acids is 1. The Kier molecular flexibility index (Phi) is 9.83. The number of rotatable bonds is 7. The van der Waals surface area contributed by atoms with Crippen LogP contribution in [-0.4, -0.2) is 74.4 Å². The molecule has 45 heavy (non-hydrogen) atoms. The third kappa shape index (κ3) is 7.60. The van der Waals surface area contributed by atoms with Crippen molar-refractivity contribution in [2.45, 2.75) is 30.0 Å². The van der Waals surface area contributed by atoms with E-state index in [1.165, 1.54) is 22.6 Å². The lowest BCUT2D eigenvalue weighted by Crippen LogP contribution is -2.42. The Hall–Kier alpha value is -4.49. The van der Waals surface area contributed by atoms with Crippen LogP contribution in [-0.2, 0) is 21.9 Å². The number of nitrogens with zero attached hydrogens (tertiary/aromatic N) is 5. The molecule has 0 spiro atoms. The second-order valence-corrected chi connectivity index (χ2v) is 12.5. The topological polar surface area (TPSA) is 173 Å². The average Bonchev–Trinajstić information content (AvgIpc) is 3.57. The fraction of sp³-hybridized carbons (Fsp3) is 0.269. The number of hydrogen-bond donors (Lipinski definition) is 3. The normalized spacial score (nSPS) is 14.4. The third-order valence-electron chi connectivity index (χ3n) is 6.50. The van der Waals surface area contributed by atoms with Gasteiger partial charge in [-0.1, -0.05) is 17.4 Å². The quantitative estimate of drug-likeness (QED) is 0.193. The highest BCUT2D eigenvalue weighted by Crippen LogP contribution is 2.31. The zero-order valence-corrected chi connectivity index (χ0v) is 24.8. The predicted molar refractivity (Wildman–Crippen MR) is 152 cm³/mol. The molecular formula is C26H24F5N7O5S2. The molecule has 3 aromatic heterocycles. The summed E-state index contributed by atoms with van der Waals surface area (Å²) in [6.45, 7) is 0.516. The Bertz CT molecular complexity index is 1780. The highest BCUT2D eigenvalue weighted by Gasteiger charge is 2.38. The van der Waals surface area contributed by atoms with E-state index >= 15 is 0 Å². The molecule has 1 aliphatic heterocycles. The number of sulfonamides is 1. The van der Waals surface area contributed by atoms with Crippen molar-refractivity contribution in [3.63, 3.8) is 0 Å². The monoisotopic (exact) mass is 673 g/mol. The maximum atomic E-state index is 14.1. The first kappa shape index (κ1) is 33.4. The number of aryl methyl sites for hydroxylation is 1. The molecular weight excluding hydrogens is 649 g/mol. The Labute approximate surface area is 256 Å². The number of nitrogens with two attached hydrogens (primary N) is 1. The summed E-state index contributed by atoms with van der Waals surface area (Å²) in [6.07, 6.45) is 0.618. The molecule has 1 saturated heterocycles. The molecule has 19 heteroatoms. The van der Waals surface area contributed by atoms with Crippen LogP contribution in [0.15, 0.2) is 53.8 Å². The summed E-state index contributed by atoms with van der Waals surface area (Å²) in [5.74, 6) is -5.10. The molecule has 5 rings (SSSR count). The number of benzene rings is 1. The van der Waals surface area contributed by atoms with Gasteiger partial charge in [0.15, 0.2) is 11.0 Å². The van der Waals surface area contributed by atoms with Crippen molar-refractivity contribution in [2.24, 2.45) is 7.05 Å². The standard InChI is InChI=1S/C24H23F2N7O3S2.C2HF3O2/c1-32-12-9-28-23(32)18-6-5-15(13-29-18)38(35,36)33-10-7-14(8-11-33)30-24-31-22(27)21(37-24)20(34)19-16(25)3-2-4-17(19)26;3-2(4,5)1(6)7/h2-6,9,12-14H,7-8,10-11,27H2,1H3,(H,30,31);(H,6,7). The third-order valence-corrected chi connectivity index (χ3v) is 9.38. The van der Waals surface area contributed by atoms with Crippen LogP contribution < -0.4 is 11.1 Å². The fourth-order valence-corrected chi connectivity index (χ4v) is 6.55. The van der Waals surface area contributed by atoms with Gasteiger partial charge in [0.05, 0.1) is 5.56 Å². The Balaban J connectivity index is 0.000000591. The minimum absolute atomic E-state index is 0.0713. The maximum absolute atomic E-state index is 14.1. The molecule has 0 saturated carbocycles. The van der Waals surface area contributed by atoms with E-state index in [0.29, 0.717) is 29.5 Å². The van der Waals surface area contributed by atoms with Gasteiger partial charge >= 0.3 is 12.1 Å². The van der Waals surface area contributed by atoms with E-state index in [9.17, 15) is 35.2 Å². The number of nitrogens with one attached hydrogen (secondary N) is 1. The second kappa shape index (κ2) is 13.2. The number of carboxylic acid groups (broad SMARTS) is 1. The highest BCUT2D eigenvalue weighted by molar-refractivity contribution is 7.89. The van der Waals surface area contributed by atoms with E-state index in [4.69, 9.17) is 15.6 Å². The minimum Gasteiger partial charge on any atom is -0.475 e. The van der Waals surface area contributed by atoms with Gasteiger partial charge < -0.3 is 20.7 Å². The molecule has 4 N–H and O–H groups in total. The highest BCUT2D eigenvalue weighted by atomic mass is 32.2. The number of carboxylic acids is 1. The molecule has 240 valence electrons. The van der Waals surface area contributed by atoms with Gasteiger partial charge in [-0.05, 0) is 37.1 Å². The van der Waals surface area contributed by atoms with Crippen molar-refractivity contribution in [2.75, 3.05) is 24.1 Å². The summed E-state index contributed by atoms with van der Waals surface area (Å²) in [5.41, 5.74) is 5.76. The van der Waals surface area contributed by atoms with E-state index in [0.717, 1.165) is 23.5 Å². The van der Waals surface area contributed by atoms with Gasteiger partial charge in [0.1, 0.15) is 32.9 Å². The van der Waals surface area contributed by atoms with Gasteiger partial charge in [-0.3, -0.25) is 9.78 Å². The van der Waals surface area contributed by atoms with E-state index in [2.05, 4.69) is 20.3 Å². The van der Waals surface area contributed by atoms with Crippen LogP contribution in [0.3, 0.4) is 0 Å². The number of thiazole rings is 1. The van der Waals surface area contributed by atoms with Gasteiger partial charge in [-0.2, -0.15) is 17.5 Å². The summed E-state index contributed by atoms with van der Waals surface area (Å²) >= 11 is 0.901. The largest absolute Gasteiger partial charge is 0.490 e. The lowest BCUT2D eigenvalue weighted by atomic mass is 10.1. The van der Waals surface area contributed by atoms with E-state index in [1.54, 1.807) is 23.0 Å². The number of piperidine rings is 1. The number of aromatic nitrogens is 4. The number of nitrogen functional groups attached to an aromatic ring is 1. The van der Waals surface area contributed by atoms with Crippen molar-refractivity contribution < 1.29 is 45.1 Å². The van der Waals surface area contributed by atoms with Crippen LogP contribution in [0.2, 0.25) is 0 Å². The second-order valence-electron chi connectivity index (χ2n) is 9.53. The average molecular weight is 674 g/mol. The number of carbonyl (C=O) groups is 2. The van der Waals surface area contributed by atoms with Crippen LogP contribution in [0.25, 0.3) is 11.5 Å². The number of imidazole rings is 1. The summed E-state index contributed by atoms with van der Waals surface area (Å²) in [6, 6.07) is 6.18. The van der Waals surface area contributed by atoms with Crippen molar-refractivity contribution in [1.82, 2.24) is 23.8 Å². The lowest BCUT2D eigenvalue weighted by molar-refractivity contribution is -0.192. The van der Waals surface area contributed by atoms with E-state index in [-0.39, 0.29) is 34.7 Å². The number of halogens is 5. The van der Waals surface area contributed by atoms with Gasteiger partial charge in [0, 0.05) is 44.8 Å². The fourth-order valence-electron chi connectivity index (χ4n) is 4.23. The lowest BCUT2D eigenvalue weighted by Gasteiger charge is -2.31. The SMILES string of the molecule is Cn1ccnc1-c1ccc(S(=O)(=O)N2CCC(Nc3nc(N)c(C(=O)c4c(F)cccc4F)s3)CC2)cn1.O=C(O)C(F)(F)F. The Morgan fingerprint density at radius 3 is 2.22 bits per heavy atom. The number of ketones is 1. The summed E-state index contributed by atoms with van der Waals surface area (Å²) in [7, 11) is -1.91. The number of alkyl halides is 3. The maximum Gasteiger partial charge on any atom is 0.490 e. The van der Waals surface area contributed by atoms with Crippen LogP contribution >= 0.6 is 11.3 Å². The minimum atomic E-state index is -5.08. The Morgan fingerprint density at radius 2 is 1.71 bits per heavy atom. The molecule has 0 atom stereocenters. The smallest absolute Gasteiger partial charge is 0.475 e. The van der Waals surface area contributed by atoms with Crippen LogP contribution in [0.1, 0.15) is 28.1 Å². The predicted octanol–water partition coefficient (Wildman–Crippen LogP) is 3.93. The Morgan fingerprint density at radius 1 is 1.09 bits per heavy atom. The van der Waals surface area contributed by atoms with Crippen LogP contribution in [0, 0.1) is 11.6 Å². The molecule has 4 heterocycles.